The van der Waals surface area contributed by atoms with E-state index in [4.69, 9.17) is 16.0 Å². The maximum absolute atomic E-state index is 5.95. The summed E-state index contributed by atoms with van der Waals surface area (Å²) in [6.45, 7) is 1.07. The van der Waals surface area contributed by atoms with Gasteiger partial charge in [0.05, 0.1) is 12.5 Å². The minimum absolute atomic E-state index is 0.592. The van der Waals surface area contributed by atoms with Crippen LogP contribution in [0.25, 0.3) is 0 Å². The Morgan fingerprint density at radius 2 is 1.85 bits per heavy atom. The average Bonchev–Trinajstić information content (AvgIpc) is 3.15. The standard InChI is InChI=1S/C17H20ClNO/c18-16-3-1-13(2-4-16)9-15(11-19-17-5-6-17)10-14-7-8-20-12-14/h1-4,7-8,12,15,17,19H,5-6,9-11H2. The van der Waals surface area contributed by atoms with E-state index in [0.29, 0.717) is 5.92 Å². The molecular weight excluding hydrogens is 270 g/mol. The topological polar surface area (TPSA) is 25.2 Å². The van der Waals surface area contributed by atoms with E-state index in [1.807, 2.05) is 18.4 Å². The van der Waals surface area contributed by atoms with Crippen LogP contribution in [0.15, 0.2) is 47.3 Å². The van der Waals surface area contributed by atoms with E-state index in [-0.39, 0.29) is 0 Å². The van der Waals surface area contributed by atoms with Crippen LogP contribution in [0.4, 0.5) is 0 Å². The Hall–Kier alpha value is -1.25. The third-order valence-corrected chi connectivity index (χ3v) is 4.07. The Labute approximate surface area is 125 Å². The minimum atomic E-state index is 0.592. The van der Waals surface area contributed by atoms with E-state index in [9.17, 15) is 0 Å². The van der Waals surface area contributed by atoms with E-state index >= 15 is 0 Å². The summed E-state index contributed by atoms with van der Waals surface area (Å²) in [7, 11) is 0. The summed E-state index contributed by atoms with van der Waals surface area (Å²) < 4.78 is 5.18. The molecule has 0 amide bonds. The normalized spacial score (nSPS) is 16.2. The zero-order valence-corrected chi connectivity index (χ0v) is 12.3. The molecule has 0 saturated heterocycles. The molecule has 0 bridgehead atoms. The molecule has 1 aliphatic carbocycles. The molecule has 1 unspecified atom stereocenters. The molecule has 2 aromatic rings. The highest BCUT2D eigenvalue weighted by Crippen LogP contribution is 2.21. The zero-order valence-electron chi connectivity index (χ0n) is 11.5. The van der Waals surface area contributed by atoms with Gasteiger partial charge < -0.3 is 9.73 Å². The zero-order chi connectivity index (χ0) is 13.8. The van der Waals surface area contributed by atoms with Gasteiger partial charge in [0.2, 0.25) is 0 Å². The average molecular weight is 290 g/mol. The molecule has 1 N–H and O–H groups in total. The Kier molecular flexibility index (Phi) is 4.44. The molecule has 1 atom stereocenters. The van der Waals surface area contributed by atoms with Gasteiger partial charge in [-0.3, -0.25) is 0 Å². The van der Waals surface area contributed by atoms with E-state index in [1.54, 1.807) is 6.26 Å². The summed E-state index contributed by atoms with van der Waals surface area (Å²) >= 11 is 5.95. The summed E-state index contributed by atoms with van der Waals surface area (Å²) in [6.07, 6.45) is 8.40. The predicted molar refractivity (Wildman–Crippen MR) is 82.1 cm³/mol. The van der Waals surface area contributed by atoms with Crippen LogP contribution in [-0.4, -0.2) is 12.6 Å². The highest BCUT2D eigenvalue weighted by molar-refractivity contribution is 6.30. The second kappa shape index (κ2) is 6.47. The van der Waals surface area contributed by atoms with Crippen molar-refractivity contribution in [2.75, 3.05) is 6.54 Å². The largest absolute Gasteiger partial charge is 0.472 e. The highest BCUT2D eigenvalue weighted by atomic mass is 35.5. The fraction of sp³-hybridized carbons (Fsp3) is 0.412. The first-order valence-electron chi connectivity index (χ1n) is 7.28. The quantitative estimate of drug-likeness (QED) is 0.830. The van der Waals surface area contributed by atoms with Gasteiger partial charge in [0.1, 0.15) is 0 Å². The lowest BCUT2D eigenvalue weighted by Crippen LogP contribution is -2.27. The molecule has 20 heavy (non-hydrogen) atoms. The summed E-state index contributed by atoms with van der Waals surface area (Å²) in [5.41, 5.74) is 2.63. The SMILES string of the molecule is Clc1ccc(CC(CNC2CC2)Cc2ccoc2)cc1. The molecule has 106 valence electrons. The highest BCUT2D eigenvalue weighted by Gasteiger charge is 2.22. The number of halogens is 1. The van der Waals surface area contributed by atoms with Crippen molar-refractivity contribution in [1.82, 2.24) is 5.32 Å². The molecule has 1 aromatic heterocycles. The maximum atomic E-state index is 5.95. The molecule has 0 aliphatic heterocycles. The number of nitrogens with one attached hydrogen (secondary N) is 1. The van der Waals surface area contributed by atoms with Gasteiger partial charge in [0.15, 0.2) is 0 Å². The van der Waals surface area contributed by atoms with Crippen LogP contribution in [-0.2, 0) is 12.8 Å². The summed E-state index contributed by atoms with van der Waals surface area (Å²) in [4.78, 5) is 0. The van der Waals surface area contributed by atoms with Gasteiger partial charge >= 0.3 is 0 Å². The van der Waals surface area contributed by atoms with Crippen LogP contribution < -0.4 is 5.32 Å². The molecule has 1 fully saturated rings. The molecule has 1 saturated carbocycles. The fourth-order valence-corrected chi connectivity index (χ4v) is 2.66. The van der Waals surface area contributed by atoms with Crippen molar-refractivity contribution in [3.63, 3.8) is 0 Å². The number of benzene rings is 1. The predicted octanol–water partition coefficient (Wildman–Crippen LogP) is 4.09. The molecule has 2 nitrogen and oxygen atoms in total. The minimum Gasteiger partial charge on any atom is -0.472 e. The molecule has 1 heterocycles. The van der Waals surface area contributed by atoms with Crippen molar-refractivity contribution >= 4 is 11.6 Å². The van der Waals surface area contributed by atoms with E-state index in [1.165, 1.54) is 24.0 Å². The molecule has 3 rings (SSSR count). The van der Waals surface area contributed by atoms with Gasteiger partial charge in [0, 0.05) is 11.1 Å². The van der Waals surface area contributed by atoms with E-state index < -0.39 is 0 Å². The van der Waals surface area contributed by atoms with Crippen molar-refractivity contribution in [3.05, 3.63) is 59.0 Å². The van der Waals surface area contributed by atoms with Crippen LogP contribution in [0, 0.1) is 5.92 Å². The molecule has 3 heteroatoms. The lowest BCUT2D eigenvalue weighted by atomic mass is 9.93. The van der Waals surface area contributed by atoms with Crippen LogP contribution >= 0.6 is 11.6 Å². The first kappa shape index (κ1) is 13.7. The first-order chi connectivity index (χ1) is 9.79. The molecule has 0 radical (unpaired) electrons. The van der Waals surface area contributed by atoms with E-state index in [2.05, 4.69) is 23.5 Å². The van der Waals surface area contributed by atoms with Crippen LogP contribution in [0.5, 0.6) is 0 Å². The summed E-state index contributed by atoms with van der Waals surface area (Å²) in [5.74, 6) is 0.592. The molecule has 1 aliphatic rings. The second-order valence-electron chi connectivity index (χ2n) is 5.71. The van der Waals surface area contributed by atoms with Crippen molar-refractivity contribution in [3.8, 4) is 0 Å². The Morgan fingerprint density at radius 3 is 2.50 bits per heavy atom. The van der Waals surface area contributed by atoms with Crippen molar-refractivity contribution in [2.24, 2.45) is 5.92 Å². The number of rotatable bonds is 7. The van der Waals surface area contributed by atoms with Crippen molar-refractivity contribution < 1.29 is 4.42 Å². The van der Waals surface area contributed by atoms with Crippen molar-refractivity contribution in [2.45, 2.75) is 31.7 Å². The second-order valence-corrected chi connectivity index (χ2v) is 6.15. The Morgan fingerprint density at radius 1 is 1.10 bits per heavy atom. The Bertz CT molecular complexity index is 516. The fourth-order valence-electron chi connectivity index (χ4n) is 2.53. The van der Waals surface area contributed by atoms with Crippen LogP contribution in [0.2, 0.25) is 5.02 Å². The first-order valence-corrected chi connectivity index (χ1v) is 7.66. The maximum Gasteiger partial charge on any atom is 0.0934 e. The van der Waals surface area contributed by atoms with Gasteiger partial charge in [0.25, 0.3) is 0 Å². The van der Waals surface area contributed by atoms with Crippen LogP contribution in [0.1, 0.15) is 24.0 Å². The molecule has 1 aromatic carbocycles. The Balaban J connectivity index is 1.61. The van der Waals surface area contributed by atoms with Crippen LogP contribution in [0.3, 0.4) is 0 Å². The van der Waals surface area contributed by atoms with Crippen molar-refractivity contribution in [1.29, 1.82) is 0 Å². The van der Waals surface area contributed by atoms with E-state index in [0.717, 1.165) is 30.5 Å². The third-order valence-electron chi connectivity index (χ3n) is 3.81. The van der Waals surface area contributed by atoms with Gasteiger partial charge in [-0.05, 0) is 67.5 Å². The lowest BCUT2D eigenvalue weighted by molar-refractivity contribution is 0.465. The smallest absolute Gasteiger partial charge is 0.0934 e. The van der Waals surface area contributed by atoms with Gasteiger partial charge in [-0.15, -0.1) is 0 Å². The third kappa shape index (κ3) is 4.12. The molecule has 0 spiro atoms. The van der Waals surface area contributed by atoms with Gasteiger partial charge in [-0.1, -0.05) is 23.7 Å². The van der Waals surface area contributed by atoms with Gasteiger partial charge in [-0.2, -0.15) is 0 Å². The monoisotopic (exact) mass is 289 g/mol. The lowest BCUT2D eigenvalue weighted by Gasteiger charge is -2.17. The number of furan rings is 1. The summed E-state index contributed by atoms with van der Waals surface area (Å²) in [5, 5.41) is 4.45. The van der Waals surface area contributed by atoms with Gasteiger partial charge in [-0.25, -0.2) is 0 Å². The number of hydrogen-bond donors (Lipinski definition) is 1. The number of hydrogen-bond acceptors (Lipinski definition) is 2. The molecular formula is C17H20ClNO. The summed E-state index contributed by atoms with van der Waals surface area (Å²) in [6, 6.07) is 11.0.